The van der Waals surface area contributed by atoms with E-state index in [9.17, 15) is 14.7 Å². The molecule has 3 aromatic rings. The van der Waals surface area contributed by atoms with Crippen LogP contribution in [0.15, 0.2) is 71.6 Å². The molecule has 3 aromatic carbocycles. The number of hydrogen-bond acceptors (Lipinski definition) is 8. The van der Waals surface area contributed by atoms with E-state index >= 15 is 0 Å². The highest BCUT2D eigenvalue weighted by molar-refractivity contribution is 8.27. The number of carbonyl (C=O) groups excluding carboxylic acids is 1. The van der Waals surface area contributed by atoms with Crippen LogP contribution in [-0.2, 0) is 4.79 Å². The van der Waals surface area contributed by atoms with Gasteiger partial charge in [-0.3, -0.25) is 9.69 Å². The molecule has 1 aliphatic heterocycles. The quantitative estimate of drug-likeness (QED) is 0.211. The average Bonchev–Trinajstić information content (AvgIpc) is 3.19. The van der Waals surface area contributed by atoms with Crippen molar-refractivity contribution in [2.75, 3.05) is 32.3 Å². The number of carboxylic acids is 1. The van der Waals surface area contributed by atoms with Gasteiger partial charge in [0.15, 0.2) is 15.8 Å². The van der Waals surface area contributed by atoms with E-state index in [4.69, 9.17) is 31.2 Å². The molecule has 0 unspecified atom stereocenters. The van der Waals surface area contributed by atoms with Gasteiger partial charge in [0.1, 0.15) is 24.7 Å². The third kappa shape index (κ3) is 6.22. The second kappa shape index (κ2) is 11.8. The molecule has 37 heavy (non-hydrogen) atoms. The highest BCUT2D eigenvalue weighted by Gasteiger charge is 2.33. The molecule has 8 nitrogen and oxygen atoms in total. The lowest BCUT2D eigenvalue weighted by atomic mass is 10.1. The smallest absolute Gasteiger partial charge is 0.335 e. The number of nitrogens with zero attached hydrogens (tertiary/aromatic N) is 1. The fourth-order valence-electron chi connectivity index (χ4n) is 3.52. The van der Waals surface area contributed by atoms with Crippen LogP contribution in [-0.4, -0.2) is 48.7 Å². The fourth-order valence-corrected chi connectivity index (χ4v) is 4.81. The van der Waals surface area contributed by atoms with Crippen molar-refractivity contribution >= 4 is 51.9 Å². The number of thioether (sulfide) groups is 1. The van der Waals surface area contributed by atoms with Gasteiger partial charge in [0, 0.05) is 6.07 Å². The zero-order chi connectivity index (χ0) is 26.4. The van der Waals surface area contributed by atoms with Gasteiger partial charge in [-0.2, -0.15) is 0 Å². The van der Waals surface area contributed by atoms with Crippen molar-refractivity contribution in [3.63, 3.8) is 0 Å². The van der Waals surface area contributed by atoms with Gasteiger partial charge < -0.3 is 24.1 Å². The minimum atomic E-state index is -1.08. The highest BCUT2D eigenvalue weighted by Crippen LogP contribution is 2.37. The van der Waals surface area contributed by atoms with Crippen molar-refractivity contribution in [3.8, 4) is 23.0 Å². The molecule has 4 rings (SSSR count). The zero-order valence-electron chi connectivity index (χ0n) is 20.0. The molecule has 0 aliphatic carbocycles. The number of amides is 1. The molecular weight excluding hydrogens is 514 g/mol. The summed E-state index contributed by atoms with van der Waals surface area (Å²) in [5.41, 5.74) is 1.20. The number of thiocarbonyl (C=S) groups is 1. The van der Waals surface area contributed by atoms with E-state index in [1.807, 2.05) is 18.2 Å². The zero-order valence-corrected chi connectivity index (χ0v) is 21.6. The Morgan fingerprint density at radius 1 is 0.946 bits per heavy atom. The van der Waals surface area contributed by atoms with E-state index in [0.717, 1.165) is 17.3 Å². The summed E-state index contributed by atoms with van der Waals surface area (Å²) in [5.74, 6) is 1.01. The first kappa shape index (κ1) is 26.1. The maximum atomic E-state index is 13.1. The van der Waals surface area contributed by atoms with Gasteiger partial charge in [-0.05, 0) is 54.1 Å². The first-order valence-electron chi connectivity index (χ1n) is 11.1. The molecule has 0 bridgehead atoms. The van der Waals surface area contributed by atoms with E-state index in [0.29, 0.717) is 51.1 Å². The monoisotopic (exact) mass is 537 g/mol. The summed E-state index contributed by atoms with van der Waals surface area (Å²) in [6.45, 7) is 0.616. The van der Waals surface area contributed by atoms with Crippen LogP contribution in [0.1, 0.15) is 15.9 Å². The maximum Gasteiger partial charge on any atom is 0.335 e. The van der Waals surface area contributed by atoms with Crippen molar-refractivity contribution in [3.05, 3.63) is 82.8 Å². The predicted molar refractivity (Wildman–Crippen MR) is 146 cm³/mol. The number of benzene rings is 3. The van der Waals surface area contributed by atoms with Crippen LogP contribution in [0.3, 0.4) is 0 Å². The molecule has 10 heteroatoms. The number of rotatable bonds is 10. The van der Waals surface area contributed by atoms with E-state index in [1.54, 1.807) is 49.6 Å². The van der Waals surface area contributed by atoms with Gasteiger partial charge in [-0.25, -0.2) is 4.79 Å². The number of ether oxygens (including phenoxy) is 4. The van der Waals surface area contributed by atoms with Crippen LogP contribution in [0.25, 0.3) is 6.08 Å². The molecule has 0 spiro atoms. The third-order valence-corrected chi connectivity index (χ3v) is 6.58. The summed E-state index contributed by atoms with van der Waals surface area (Å²) in [6, 6.07) is 18.7. The molecule has 1 N–H and O–H groups in total. The minimum Gasteiger partial charge on any atom is -0.497 e. The molecule has 1 fully saturated rings. The topological polar surface area (TPSA) is 94.5 Å². The van der Waals surface area contributed by atoms with E-state index in [2.05, 4.69) is 0 Å². The van der Waals surface area contributed by atoms with Crippen LogP contribution in [0, 0.1) is 0 Å². The second-order valence-corrected chi connectivity index (χ2v) is 9.33. The van der Waals surface area contributed by atoms with Gasteiger partial charge in [-0.15, -0.1) is 0 Å². The first-order valence-corrected chi connectivity index (χ1v) is 12.3. The van der Waals surface area contributed by atoms with Crippen molar-refractivity contribution in [1.29, 1.82) is 0 Å². The molecule has 1 heterocycles. The third-order valence-electron chi connectivity index (χ3n) is 5.28. The van der Waals surface area contributed by atoms with Crippen molar-refractivity contribution in [1.82, 2.24) is 0 Å². The van der Waals surface area contributed by atoms with Crippen LogP contribution in [0.4, 0.5) is 5.69 Å². The van der Waals surface area contributed by atoms with Gasteiger partial charge in [0.25, 0.3) is 5.91 Å². The van der Waals surface area contributed by atoms with Crippen molar-refractivity contribution < 1.29 is 33.6 Å². The first-order chi connectivity index (χ1) is 17.9. The Hall–Kier alpha value is -4.02. The molecule has 0 atom stereocenters. The maximum absolute atomic E-state index is 13.1. The van der Waals surface area contributed by atoms with Gasteiger partial charge >= 0.3 is 5.97 Å². The number of carboxylic acid groups (broad SMARTS) is 1. The summed E-state index contributed by atoms with van der Waals surface area (Å²) in [6.07, 6.45) is 1.71. The number of methoxy groups -OCH3 is 2. The van der Waals surface area contributed by atoms with Gasteiger partial charge in [0.2, 0.25) is 0 Å². The Bertz CT molecular complexity index is 1370. The summed E-state index contributed by atoms with van der Waals surface area (Å²) in [5, 5.41) is 9.26. The number of hydrogen-bond donors (Lipinski definition) is 1. The number of anilines is 1. The SMILES string of the molecule is COc1cccc(OCCOc2ccc(/C=C3\SC(=S)N(c4cccc(C(=O)O)c4)C3=O)cc2OC)c1. The number of carbonyl (C=O) groups is 2. The molecule has 1 saturated heterocycles. The molecule has 190 valence electrons. The Labute approximate surface area is 223 Å². The summed E-state index contributed by atoms with van der Waals surface area (Å²) < 4.78 is 22.5. The molecule has 0 aromatic heterocycles. The molecule has 0 radical (unpaired) electrons. The average molecular weight is 538 g/mol. The minimum absolute atomic E-state index is 0.0738. The lowest BCUT2D eigenvalue weighted by Crippen LogP contribution is -2.27. The molecule has 0 saturated carbocycles. The summed E-state index contributed by atoms with van der Waals surface area (Å²) >= 11 is 6.54. The van der Waals surface area contributed by atoms with E-state index < -0.39 is 5.97 Å². The lowest BCUT2D eigenvalue weighted by molar-refractivity contribution is -0.113. The fraction of sp³-hybridized carbons (Fsp3) is 0.148. The largest absolute Gasteiger partial charge is 0.497 e. The summed E-state index contributed by atoms with van der Waals surface area (Å²) in [7, 11) is 3.13. The standard InChI is InChI=1S/C27H23NO7S2/c1-32-20-7-4-8-21(16-20)34-11-12-35-22-10-9-17(13-23(22)33-2)14-24-25(29)28(27(36)37-24)19-6-3-5-18(15-19)26(30)31/h3-10,13-16H,11-12H2,1-2H3,(H,30,31)/b24-14-. The van der Waals surface area contributed by atoms with Crippen LogP contribution in [0.2, 0.25) is 0 Å². The van der Waals surface area contributed by atoms with Crippen molar-refractivity contribution in [2.24, 2.45) is 0 Å². The van der Waals surface area contributed by atoms with Crippen LogP contribution < -0.4 is 23.8 Å². The molecule has 1 aliphatic rings. The Kier molecular flexibility index (Phi) is 8.32. The van der Waals surface area contributed by atoms with Crippen LogP contribution >= 0.6 is 24.0 Å². The highest BCUT2D eigenvalue weighted by atomic mass is 32.2. The van der Waals surface area contributed by atoms with Crippen molar-refractivity contribution in [2.45, 2.75) is 0 Å². The predicted octanol–water partition coefficient (Wildman–Crippen LogP) is 5.27. The lowest BCUT2D eigenvalue weighted by Gasteiger charge is -2.15. The Morgan fingerprint density at radius 2 is 1.70 bits per heavy atom. The molecule has 1 amide bonds. The normalized spacial score (nSPS) is 14.1. The van der Waals surface area contributed by atoms with Crippen LogP contribution in [0.5, 0.6) is 23.0 Å². The number of aromatic carboxylic acids is 1. The Morgan fingerprint density at radius 3 is 2.46 bits per heavy atom. The molecular formula is C27H23NO7S2. The van der Waals surface area contributed by atoms with Gasteiger partial charge in [0.05, 0.1) is 30.4 Å². The van der Waals surface area contributed by atoms with E-state index in [1.165, 1.54) is 24.1 Å². The van der Waals surface area contributed by atoms with E-state index in [-0.39, 0.29) is 11.5 Å². The summed E-state index contributed by atoms with van der Waals surface area (Å²) in [4.78, 5) is 26.1. The second-order valence-electron chi connectivity index (χ2n) is 7.66. The Balaban J connectivity index is 1.43. The van der Waals surface area contributed by atoms with Gasteiger partial charge in [-0.1, -0.05) is 42.2 Å².